The number of hydrogen-bond donors (Lipinski definition) is 0. The molecule has 0 aliphatic carbocycles. The summed E-state index contributed by atoms with van der Waals surface area (Å²) in [7, 11) is 0. The van der Waals surface area contributed by atoms with Crippen molar-refractivity contribution >= 4 is 17.2 Å². The zero-order valence-corrected chi connectivity index (χ0v) is 14.8. The van der Waals surface area contributed by atoms with Gasteiger partial charge in [-0.2, -0.15) is 4.99 Å². The van der Waals surface area contributed by atoms with E-state index < -0.39 is 0 Å². The third-order valence-electron chi connectivity index (χ3n) is 3.88. The van der Waals surface area contributed by atoms with Gasteiger partial charge in [0.25, 0.3) is 5.91 Å². The molecule has 0 unspecified atom stereocenters. The molecule has 0 radical (unpaired) electrons. The Morgan fingerprint density at radius 3 is 2.70 bits per heavy atom. The number of benzene rings is 2. The molecule has 2 heterocycles. The quantitative estimate of drug-likeness (QED) is 0.545. The van der Waals surface area contributed by atoms with E-state index in [2.05, 4.69) is 20.5 Å². The molecule has 1 amide bonds. The molecule has 27 heavy (non-hydrogen) atoms. The first-order valence-corrected chi connectivity index (χ1v) is 8.88. The Balaban J connectivity index is 1.58. The van der Waals surface area contributed by atoms with Gasteiger partial charge in [0.1, 0.15) is 12.1 Å². The zero-order chi connectivity index (χ0) is 18.6. The number of rotatable bonds is 4. The summed E-state index contributed by atoms with van der Waals surface area (Å²) in [6, 6.07) is 13.3. The maximum absolute atomic E-state index is 13.9. The van der Waals surface area contributed by atoms with Crippen molar-refractivity contribution in [1.29, 1.82) is 0 Å². The largest absolute Gasteiger partial charge is 0.319 e. The molecule has 0 fully saturated rings. The molecular weight excluding hydrogens is 367 g/mol. The minimum absolute atomic E-state index is 0.285. The third kappa shape index (κ3) is 3.72. The van der Waals surface area contributed by atoms with Crippen LogP contribution in [0.3, 0.4) is 0 Å². The molecule has 2 aromatic carbocycles. The van der Waals surface area contributed by atoms with Gasteiger partial charge in [0.15, 0.2) is 4.80 Å². The summed E-state index contributed by atoms with van der Waals surface area (Å²) in [5.41, 5.74) is 1.72. The SMILES string of the molecule is O=C(N=c1sccn1Cc1ccccc1F)c1ccc(-n2cnnn2)cc1. The average Bonchev–Trinajstić information content (AvgIpc) is 3.36. The van der Waals surface area contributed by atoms with Gasteiger partial charge in [-0.3, -0.25) is 4.79 Å². The lowest BCUT2D eigenvalue weighted by atomic mass is 10.2. The predicted molar refractivity (Wildman–Crippen MR) is 96.9 cm³/mol. The van der Waals surface area contributed by atoms with Crippen molar-refractivity contribution in [3.05, 3.63) is 88.2 Å². The summed E-state index contributed by atoms with van der Waals surface area (Å²) in [4.78, 5) is 17.2. The van der Waals surface area contributed by atoms with E-state index in [1.54, 1.807) is 53.2 Å². The highest BCUT2D eigenvalue weighted by molar-refractivity contribution is 7.07. The van der Waals surface area contributed by atoms with Crippen LogP contribution in [0.2, 0.25) is 0 Å². The van der Waals surface area contributed by atoms with Gasteiger partial charge in [-0.05, 0) is 40.8 Å². The monoisotopic (exact) mass is 380 g/mol. The molecule has 0 atom stereocenters. The zero-order valence-electron chi connectivity index (χ0n) is 13.9. The minimum Gasteiger partial charge on any atom is -0.319 e. The number of carbonyl (C=O) groups excluding carboxylic acids is 1. The Kier molecular flexibility index (Phi) is 4.67. The van der Waals surface area contributed by atoms with Crippen LogP contribution in [0.5, 0.6) is 0 Å². The molecule has 0 aliphatic rings. The van der Waals surface area contributed by atoms with Crippen molar-refractivity contribution in [3.8, 4) is 5.69 Å². The van der Waals surface area contributed by atoms with E-state index in [-0.39, 0.29) is 11.7 Å². The van der Waals surface area contributed by atoms with Crippen LogP contribution in [0.1, 0.15) is 15.9 Å². The van der Waals surface area contributed by atoms with E-state index in [1.165, 1.54) is 28.4 Å². The van der Waals surface area contributed by atoms with Crippen LogP contribution < -0.4 is 4.80 Å². The number of nitrogens with zero attached hydrogens (tertiary/aromatic N) is 6. The second-order valence-corrected chi connectivity index (χ2v) is 6.50. The van der Waals surface area contributed by atoms with Crippen molar-refractivity contribution in [2.45, 2.75) is 6.54 Å². The van der Waals surface area contributed by atoms with Crippen molar-refractivity contribution in [3.63, 3.8) is 0 Å². The Morgan fingerprint density at radius 1 is 1.15 bits per heavy atom. The molecule has 4 aromatic rings. The van der Waals surface area contributed by atoms with Crippen LogP contribution in [0.25, 0.3) is 5.69 Å². The van der Waals surface area contributed by atoms with Crippen LogP contribution in [-0.4, -0.2) is 30.7 Å². The van der Waals surface area contributed by atoms with Crippen molar-refractivity contribution in [2.24, 2.45) is 4.99 Å². The lowest BCUT2D eigenvalue weighted by molar-refractivity contribution is 0.0998. The van der Waals surface area contributed by atoms with Gasteiger partial charge in [-0.15, -0.1) is 16.4 Å². The molecule has 7 nitrogen and oxygen atoms in total. The number of carbonyl (C=O) groups is 1. The summed E-state index contributed by atoms with van der Waals surface area (Å²) in [5.74, 6) is -0.658. The third-order valence-corrected chi connectivity index (χ3v) is 4.68. The number of thiazole rings is 1. The van der Waals surface area contributed by atoms with Crippen LogP contribution in [0, 0.1) is 5.82 Å². The van der Waals surface area contributed by atoms with Crippen molar-refractivity contribution in [1.82, 2.24) is 24.8 Å². The normalized spacial score (nSPS) is 11.7. The molecule has 134 valence electrons. The second-order valence-electron chi connectivity index (χ2n) is 5.62. The number of tetrazole rings is 1. The Labute approximate surface area is 157 Å². The summed E-state index contributed by atoms with van der Waals surface area (Å²) in [6.45, 7) is 0.306. The predicted octanol–water partition coefficient (Wildman–Crippen LogP) is 2.45. The molecule has 0 bridgehead atoms. The van der Waals surface area contributed by atoms with Gasteiger partial charge in [-0.1, -0.05) is 18.2 Å². The maximum atomic E-state index is 13.9. The molecule has 0 N–H and O–H groups in total. The van der Waals surface area contributed by atoms with E-state index in [4.69, 9.17) is 0 Å². The van der Waals surface area contributed by atoms with Gasteiger partial charge in [0.05, 0.1) is 12.2 Å². The fourth-order valence-electron chi connectivity index (χ4n) is 2.51. The fourth-order valence-corrected chi connectivity index (χ4v) is 3.23. The maximum Gasteiger partial charge on any atom is 0.279 e. The number of halogens is 1. The van der Waals surface area contributed by atoms with E-state index >= 15 is 0 Å². The molecule has 0 aliphatic heterocycles. The molecule has 0 spiro atoms. The minimum atomic E-state index is -0.372. The van der Waals surface area contributed by atoms with Gasteiger partial charge in [-0.25, -0.2) is 9.07 Å². The van der Waals surface area contributed by atoms with Crippen molar-refractivity contribution in [2.75, 3.05) is 0 Å². The first-order valence-electron chi connectivity index (χ1n) is 8.00. The molecule has 9 heteroatoms. The first-order chi connectivity index (χ1) is 13.2. The fraction of sp³-hybridized carbons (Fsp3) is 0.0556. The highest BCUT2D eigenvalue weighted by Gasteiger charge is 2.08. The number of amides is 1. The smallest absolute Gasteiger partial charge is 0.279 e. The Hall–Kier alpha value is -3.46. The van der Waals surface area contributed by atoms with E-state index in [1.807, 2.05) is 5.38 Å². The number of hydrogen-bond acceptors (Lipinski definition) is 5. The van der Waals surface area contributed by atoms with Crippen LogP contribution in [0.4, 0.5) is 4.39 Å². The Morgan fingerprint density at radius 2 is 1.96 bits per heavy atom. The Bertz CT molecular complexity index is 1130. The van der Waals surface area contributed by atoms with Gasteiger partial charge < -0.3 is 4.57 Å². The molecule has 0 saturated heterocycles. The lowest BCUT2D eigenvalue weighted by Gasteiger charge is -2.04. The topological polar surface area (TPSA) is 78.0 Å². The van der Waals surface area contributed by atoms with Crippen molar-refractivity contribution < 1.29 is 9.18 Å². The summed E-state index contributed by atoms with van der Waals surface area (Å²) in [6.07, 6.45) is 3.25. The summed E-state index contributed by atoms with van der Waals surface area (Å²) < 4.78 is 17.1. The van der Waals surface area contributed by atoms with E-state index in [9.17, 15) is 9.18 Å². The highest BCUT2D eigenvalue weighted by Crippen LogP contribution is 2.10. The van der Waals surface area contributed by atoms with Crippen LogP contribution in [0.15, 0.2) is 71.4 Å². The summed E-state index contributed by atoms with van der Waals surface area (Å²) >= 11 is 1.32. The van der Waals surface area contributed by atoms with Gasteiger partial charge in [0, 0.05) is 22.7 Å². The first kappa shape index (κ1) is 17.0. The second kappa shape index (κ2) is 7.42. The van der Waals surface area contributed by atoms with E-state index in [0.29, 0.717) is 22.5 Å². The van der Waals surface area contributed by atoms with Crippen LogP contribution >= 0.6 is 11.3 Å². The highest BCUT2D eigenvalue weighted by atomic mass is 32.1. The molecule has 0 saturated carbocycles. The summed E-state index contributed by atoms with van der Waals surface area (Å²) in [5, 5.41) is 12.8. The van der Waals surface area contributed by atoms with Gasteiger partial charge in [0.2, 0.25) is 0 Å². The van der Waals surface area contributed by atoms with Crippen LogP contribution in [-0.2, 0) is 6.54 Å². The van der Waals surface area contributed by atoms with E-state index in [0.717, 1.165) is 5.69 Å². The standard InChI is InChI=1S/C18H13FN6OS/c19-16-4-2-1-3-14(16)11-24-9-10-27-18(24)21-17(26)13-5-7-15(8-6-13)25-12-20-22-23-25/h1-10,12H,11H2. The number of aromatic nitrogens is 5. The molecule has 2 aromatic heterocycles. The van der Waals surface area contributed by atoms with Gasteiger partial charge >= 0.3 is 0 Å². The molecular formula is C18H13FN6OS. The average molecular weight is 380 g/mol. The lowest BCUT2D eigenvalue weighted by Crippen LogP contribution is -2.17. The molecule has 4 rings (SSSR count).